The number of anilines is 2. The van der Waals surface area contributed by atoms with E-state index in [1.54, 1.807) is 12.1 Å². The van der Waals surface area contributed by atoms with E-state index in [1.165, 1.54) is 0 Å². The third-order valence-corrected chi connectivity index (χ3v) is 3.06. The zero-order chi connectivity index (χ0) is 13.7. The summed E-state index contributed by atoms with van der Waals surface area (Å²) in [7, 11) is 1.82. The maximum Gasteiger partial charge on any atom is 0.255 e. The van der Waals surface area contributed by atoms with Gasteiger partial charge in [-0.05, 0) is 35.9 Å². The van der Waals surface area contributed by atoms with Gasteiger partial charge in [0.2, 0.25) is 0 Å². The van der Waals surface area contributed by atoms with Crippen LogP contribution in [-0.2, 0) is 5.88 Å². The normalized spacial score (nSPS) is 10.0. The van der Waals surface area contributed by atoms with Crippen molar-refractivity contribution in [1.82, 2.24) is 0 Å². The number of rotatable bonds is 4. The van der Waals surface area contributed by atoms with Crippen molar-refractivity contribution in [2.24, 2.45) is 0 Å². The Bertz CT molecular complexity index is 584. The number of carbonyl (C=O) groups is 1. The minimum absolute atomic E-state index is 0.135. The molecule has 2 aromatic rings. The van der Waals surface area contributed by atoms with Crippen molar-refractivity contribution in [3.8, 4) is 0 Å². The minimum Gasteiger partial charge on any atom is -0.388 e. The quantitative estimate of drug-likeness (QED) is 0.835. The van der Waals surface area contributed by atoms with Crippen LogP contribution in [0, 0.1) is 0 Å². The molecular weight excluding hydrogens is 260 g/mol. The molecule has 0 saturated carbocycles. The van der Waals surface area contributed by atoms with Crippen molar-refractivity contribution in [3.05, 3.63) is 59.7 Å². The lowest BCUT2D eigenvalue weighted by atomic mass is 10.1. The van der Waals surface area contributed by atoms with Gasteiger partial charge < -0.3 is 10.6 Å². The number of benzene rings is 2. The van der Waals surface area contributed by atoms with Gasteiger partial charge >= 0.3 is 0 Å². The van der Waals surface area contributed by atoms with Gasteiger partial charge in [-0.2, -0.15) is 0 Å². The van der Waals surface area contributed by atoms with E-state index in [0.29, 0.717) is 11.4 Å². The molecule has 1 amide bonds. The molecule has 98 valence electrons. The molecule has 2 N–H and O–H groups in total. The summed E-state index contributed by atoms with van der Waals surface area (Å²) in [6, 6.07) is 14.8. The molecule has 0 aromatic heterocycles. The van der Waals surface area contributed by atoms with Crippen LogP contribution in [0.15, 0.2) is 48.5 Å². The predicted molar refractivity (Wildman–Crippen MR) is 79.9 cm³/mol. The van der Waals surface area contributed by atoms with Crippen molar-refractivity contribution in [1.29, 1.82) is 0 Å². The topological polar surface area (TPSA) is 41.1 Å². The number of halogens is 1. The van der Waals surface area contributed by atoms with E-state index in [4.69, 9.17) is 11.6 Å². The van der Waals surface area contributed by atoms with Crippen molar-refractivity contribution >= 4 is 28.9 Å². The molecule has 0 bridgehead atoms. The third kappa shape index (κ3) is 3.48. The molecule has 0 aliphatic carbocycles. The number of alkyl halides is 1. The van der Waals surface area contributed by atoms with Crippen LogP contribution in [0.3, 0.4) is 0 Å². The van der Waals surface area contributed by atoms with Gasteiger partial charge in [0.25, 0.3) is 5.91 Å². The molecule has 0 unspecified atom stereocenters. The maximum atomic E-state index is 12.1. The Balaban J connectivity index is 2.15. The van der Waals surface area contributed by atoms with Crippen molar-refractivity contribution in [2.45, 2.75) is 5.88 Å². The Morgan fingerprint density at radius 3 is 2.58 bits per heavy atom. The van der Waals surface area contributed by atoms with Gasteiger partial charge in [0.1, 0.15) is 0 Å². The molecule has 0 heterocycles. The first-order valence-corrected chi connectivity index (χ1v) is 6.50. The Hall–Kier alpha value is -2.00. The van der Waals surface area contributed by atoms with Crippen LogP contribution < -0.4 is 10.6 Å². The van der Waals surface area contributed by atoms with Crippen molar-refractivity contribution in [2.75, 3.05) is 17.7 Å². The van der Waals surface area contributed by atoms with E-state index in [1.807, 2.05) is 43.4 Å². The molecule has 19 heavy (non-hydrogen) atoms. The van der Waals surface area contributed by atoms with Crippen LogP contribution in [0.2, 0.25) is 0 Å². The fraction of sp³-hybridized carbons (Fsp3) is 0.133. The molecular formula is C15H15ClN2O. The first-order valence-electron chi connectivity index (χ1n) is 5.97. The molecule has 3 nitrogen and oxygen atoms in total. The van der Waals surface area contributed by atoms with E-state index in [-0.39, 0.29) is 5.91 Å². The molecule has 0 aliphatic rings. The molecule has 4 heteroatoms. The predicted octanol–water partition coefficient (Wildman–Crippen LogP) is 3.72. The Morgan fingerprint density at radius 2 is 1.84 bits per heavy atom. The smallest absolute Gasteiger partial charge is 0.255 e. The molecule has 0 spiro atoms. The highest BCUT2D eigenvalue weighted by molar-refractivity contribution is 6.17. The standard InChI is InChI=1S/C15H15ClN2O/c1-17-13-6-3-5-12(9-13)15(19)18-14-7-2-4-11(8-14)10-16/h2-9,17H,10H2,1H3,(H,18,19). The molecule has 0 saturated heterocycles. The van der Waals surface area contributed by atoms with Crippen LogP contribution in [0.5, 0.6) is 0 Å². The SMILES string of the molecule is CNc1cccc(C(=O)Nc2cccc(CCl)c2)c1. The summed E-state index contributed by atoms with van der Waals surface area (Å²) < 4.78 is 0. The Labute approximate surface area is 117 Å². The average Bonchev–Trinajstić information content (AvgIpc) is 2.47. The summed E-state index contributed by atoms with van der Waals surface area (Å²) in [5, 5.41) is 5.87. The fourth-order valence-corrected chi connectivity index (χ4v) is 1.92. The zero-order valence-electron chi connectivity index (χ0n) is 10.6. The van der Waals surface area contributed by atoms with Crippen molar-refractivity contribution < 1.29 is 4.79 Å². The largest absolute Gasteiger partial charge is 0.388 e. The Kier molecular flexibility index (Phi) is 4.42. The molecule has 0 radical (unpaired) electrons. The Morgan fingerprint density at radius 1 is 1.11 bits per heavy atom. The molecule has 0 atom stereocenters. The molecule has 0 aliphatic heterocycles. The number of nitrogens with one attached hydrogen (secondary N) is 2. The number of hydrogen-bond donors (Lipinski definition) is 2. The van der Waals surface area contributed by atoms with E-state index in [0.717, 1.165) is 16.9 Å². The minimum atomic E-state index is -0.135. The monoisotopic (exact) mass is 274 g/mol. The van der Waals surface area contributed by atoms with E-state index < -0.39 is 0 Å². The highest BCUT2D eigenvalue weighted by atomic mass is 35.5. The summed E-state index contributed by atoms with van der Waals surface area (Å²) in [6.07, 6.45) is 0. The van der Waals surface area contributed by atoms with Crippen LogP contribution >= 0.6 is 11.6 Å². The molecule has 2 aromatic carbocycles. The van der Waals surface area contributed by atoms with Gasteiger partial charge in [-0.25, -0.2) is 0 Å². The summed E-state index contributed by atoms with van der Waals surface area (Å²) >= 11 is 5.77. The van der Waals surface area contributed by atoms with E-state index in [2.05, 4.69) is 10.6 Å². The first kappa shape index (κ1) is 13.4. The van der Waals surface area contributed by atoms with Crippen LogP contribution in [-0.4, -0.2) is 13.0 Å². The summed E-state index contributed by atoms with van der Waals surface area (Å²) in [5.74, 6) is 0.294. The van der Waals surface area contributed by atoms with Gasteiger partial charge in [0.05, 0.1) is 0 Å². The van der Waals surface area contributed by atoms with Crippen LogP contribution in [0.1, 0.15) is 15.9 Å². The number of carbonyl (C=O) groups excluding carboxylic acids is 1. The highest BCUT2D eigenvalue weighted by Gasteiger charge is 2.06. The van der Waals surface area contributed by atoms with E-state index in [9.17, 15) is 4.79 Å². The number of hydrogen-bond acceptors (Lipinski definition) is 2. The zero-order valence-corrected chi connectivity index (χ0v) is 11.4. The summed E-state index contributed by atoms with van der Waals surface area (Å²) in [6.45, 7) is 0. The lowest BCUT2D eigenvalue weighted by Gasteiger charge is -2.07. The average molecular weight is 275 g/mol. The van der Waals surface area contributed by atoms with Gasteiger partial charge in [0, 0.05) is 29.9 Å². The second kappa shape index (κ2) is 6.25. The lowest BCUT2D eigenvalue weighted by molar-refractivity contribution is 0.102. The first-order chi connectivity index (χ1) is 9.22. The summed E-state index contributed by atoms with van der Waals surface area (Å²) in [5.41, 5.74) is 3.24. The number of amides is 1. The highest BCUT2D eigenvalue weighted by Crippen LogP contribution is 2.15. The van der Waals surface area contributed by atoms with Gasteiger partial charge in [0.15, 0.2) is 0 Å². The van der Waals surface area contributed by atoms with Crippen LogP contribution in [0.25, 0.3) is 0 Å². The van der Waals surface area contributed by atoms with Gasteiger partial charge in [-0.15, -0.1) is 11.6 Å². The molecule has 2 rings (SSSR count). The second-order valence-corrected chi connectivity index (χ2v) is 4.39. The third-order valence-electron chi connectivity index (χ3n) is 2.75. The van der Waals surface area contributed by atoms with E-state index >= 15 is 0 Å². The molecule has 0 fully saturated rings. The maximum absolute atomic E-state index is 12.1. The summed E-state index contributed by atoms with van der Waals surface area (Å²) in [4.78, 5) is 12.1. The van der Waals surface area contributed by atoms with Gasteiger partial charge in [-0.1, -0.05) is 18.2 Å². The van der Waals surface area contributed by atoms with Gasteiger partial charge in [-0.3, -0.25) is 4.79 Å². The fourth-order valence-electron chi connectivity index (χ4n) is 1.75. The van der Waals surface area contributed by atoms with Crippen LogP contribution in [0.4, 0.5) is 11.4 Å². The second-order valence-electron chi connectivity index (χ2n) is 4.12. The lowest BCUT2D eigenvalue weighted by Crippen LogP contribution is -2.12. The van der Waals surface area contributed by atoms with Crippen molar-refractivity contribution in [3.63, 3.8) is 0 Å².